The molecule has 1 heterocycles. The number of carbonyl (C=O) groups is 1. The van der Waals surface area contributed by atoms with E-state index in [4.69, 9.17) is 5.11 Å². The molecule has 3 heteroatoms. The van der Waals surface area contributed by atoms with Crippen molar-refractivity contribution in [3.05, 3.63) is 11.8 Å². The summed E-state index contributed by atoms with van der Waals surface area (Å²) in [5.74, 6) is -0.676. The van der Waals surface area contributed by atoms with Gasteiger partial charge >= 0.3 is 5.97 Å². The number of allylic oxidation sites excluding steroid dienone is 1. The normalized spacial score (nSPS) is 27.5. The van der Waals surface area contributed by atoms with E-state index < -0.39 is 5.97 Å². The summed E-state index contributed by atoms with van der Waals surface area (Å²) in [6, 6.07) is -0.252. The zero-order valence-corrected chi connectivity index (χ0v) is 6.99. The van der Waals surface area contributed by atoms with Crippen molar-refractivity contribution >= 4 is 5.97 Å². The minimum Gasteiger partial charge on any atom is -0.480 e. The lowest BCUT2D eigenvalue weighted by molar-refractivity contribution is -0.141. The Labute approximate surface area is 71.7 Å². The molecule has 2 aliphatic rings. The second-order valence-electron chi connectivity index (χ2n) is 3.52. The molecule has 3 nitrogen and oxygen atoms in total. The van der Waals surface area contributed by atoms with E-state index in [1.165, 1.54) is 18.4 Å². The number of carboxylic acid groups (broad SMARTS) is 1. The molecule has 2 fully saturated rings. The van der Waals surface area contributed by atoms with Gasteiger partial charge in [0.15, 0.2) is 0 Å². The van der Waals surface area contributed by atoms with Crippen LogP contribution in [0.25, 0.3) is 0 Å². The average Bonchev–Trinajstić information content (AvgIpc) is 2.66. The van der Waals surface area contributed by atoms with Gasteiger partial charge in [-0.1, -0.05) is 5.57 Å². The zero-order valence-electron chi connectivity index (χ0n) is 6.99. The lowest BCUT2D eigenvalue weighted by Gasteiger charge is -2.18. The molecule has 66 valence electrons. The summed E-state index contributed by atoms with van der Waals surface area (Å²) in [5, 5.41) is 8.85. The van der Waals surface area contributed by atoms with Gasteiger partial charge in [-0.2, -0.15) is 0 Å². The molecule has 0 aromatic carbocycles. The van der Waals surface area contributed by atoms with E-state index >= 15 is 0 Å². The van der Waals surface area contributed by atoms with E-state index in [-0.39, 0.29) is 6.04 Å². The van der Waals surface area contributed by atoms with Crippen LogP contribution in [0.3, 0.4) is 0 Å². The number of carboxylic acids is 1. The minimum atomic E-state index is -0.676. The van der Waals surface area contributed by atoms with Crippen LogP contribution in [-0.4, -0.2) is 28.6 Å². The van der Waals surface area contributed by atoms with Crippen molar-refractivity contribution < 1.29 is 9.90 Å². The molecule has 0 aromatic rings. The Kier molecular flexibility index (Phi) is 1.79. The fourth-order valence-corrected chi connectivity index (χ4v) is 1.64. The number of likely N-dealkylation sites (tertiary alicyclic amines) is 1. The standard InChI is InChI=1S/C9H13NO2/c11-9(12)8-2-1-5-10(8)6-7-3-4-7/h6,8H,1-5H2,(H,11,12)/t8-/m0/s1. The Morgan fingerprint density at radius 3 is 2.92 bits per heavy atom. The first-order valence-electron chi connectivity index (χ1n) is 4.45. The Bertz CT molecular complexity index is 229. The van der Waals surface area contributed by atoms with Gasteiger partial charge in [0.25, 0.3) is 0 Å². The van der Waals surface area contributed by atoms with Gasteiger partial charge in [-0.25, -0.2) is 4.79 Å². The summed E-state index contributed by atoms with van der Waals surface area (Å²) in [6.07, 6.45) is 6.21. The molecule has 1 aliphatic carbocycles. The van der Waals surface area contributed by atoms with Crippen molar-refractivity contribution in [1.29, 1.82) is 0 Å². The van der Waals surface area contributed by atoms with Crippen LogP contribution >= 0.6 is 0 Å². The van der Waals surface area contributed by atoms with Gasteiger partial charge < -0.3 is 10.0 Å². The molecule has 0 unspecified atom stereocenters. The third kappa shape index (κ3) is 1.44. The van der Waals surface area contributed by atoms with Crippen molar-refractivity contribution in [1.82, 2.24) is 4.90 Å². The van der Waals surface area contributed by atoms with Gasteiger partial charge in [0.1, 0.15) is 6.04 Å². The zero-order chi connectivity index (χ0) is 8.55. The Balaban J connectivity index is 2.03. The molecule has 1 atom stereocenters. The largest absolute Gasteiger partial charge is 0.480 e. The number of hydrogen-bond acceptors (Lipinski definition) is 2. The molecule has 1 saturated heterocycles. The molecular formula is C9H13NO2. The fraction of sp³-hybridized carbons (Fsp3) is 0.667. The number of hydrogen-bond donors (Lipinski definition) is 1. The molecule has 1 N–H and O–H groups in total. The Morgan fingerprint density at radius 2 is 2.33 bits per heavy atom. The van der Waals surface area contributed by atoms with Crippen molar-refractivity contribution in [2.75, 3.05) is 6.54 Å². The van der Waals surface area contributed by atoms with Gasteiger partial charge in [-0.05, 0) is 31.9 Å². The summed E-state index contributed by atoms with van der Waals surface area (Å²) >= 11 is 0. The van der Waals surface area contributed by atoms with Crippen LogP contribution in [0.2, 0.25) is 0 Å². The molecule has 1 aliphatic heterocycles. The molecule has 1 saturated carbocycles. The predicted molar refractivity (Wildman–Crippen MR) is 44.7 cm³/mol. The smallest absolute Gasteiger partial charge is 0.326 e. The van der Waals surface area contributed by atoms with Crippen LogP contribution in [0.5, 0.6) is 0 Å². The number of aliphatic carboxylic acids is 1. The minimum absolute atomic E-state index is 0.252. The summed E-state index contributed by atoms with van der Waals surface area (Å²) < 4.78 is 0. The first-order valence-corrected chi connectivity index (χ1v) is 4.45. The molecule has 0 radical (unpaired) electrons. The van der Waals surface area contributed by atoms with Crippen molar-refractivity contribution in [2.45, 2.75) is 31.7 Å². The lowest BCUT2D eigenvalue weighted by atomic mass is 10.2. The molecule has 0 amide bonds. The molecule has 2 rings (SSSR count). The molecule has 0 aromatic heterocycles. The van der Waals surface area contributed by atoms with Gasteiger partial charge in [0.2, 0.25) is 0 Å². The van der Waals surface area contributed by atoms with Gasteiger partial charge in [-0.15, -0.1) is 0 Å². The third-order valence-electron chi connectivity index (χ3n) is 2.47. The monoisotopic (exact) mass is 167 g/mol. The first kappa shape index (κ1) is 7.65. The fourth-order valence-electron chi connectivity index (χ4n) is 1.64. The third-order valence-corrected chi connectivity index (χ3v) is 2.47. The number of nitrogens with zero attached hydrogens (tertiary/aromatic N) is 1. The summed E-state index contributed by atoms with van der Waals surface area (Å²) in [7, 11) is 0. The second-order valence-corrected chi connectivity index (χ2v) is 3.52. The van der Waals surface area contributed by atoms with E-state index in [0.717, 1.165) is 19.4 Å². The van der Waals surface area contributed by atoms with Crippen LogP contribution in [0.4, 0.5) is 0 Å². The van der Waals surface area contributed by atoms with E-state index in [9.17, 15) is 4.79 Å². The highest BCUT2D eigenvalue weighted by atomic mass is 16.4. The molecule has 0 bridgehead atoms. The Hall–Kier alpha value is -0.990. The average molecular weight is 167 g/mol. The van der Waals surface area contributed by atoms with Crippen LogP contribution in [-0.2, 0) is 4.79 Å². The van der Waals surface area contributed by atoms with E-state index in [1.807, 2.05) is 11.1 Å². The highest BCUT2D eigenvalue weighted by molar-refractivity contribution is 5.74. The maximum atomic E-state index is 10.7. The lowest BCUT2D eigenvalue weighted by Crippen LogP contribution is -2.31. The van der Waals surface area contributed by atoms with Gasteiger partial charge in [0.05, 0.1) is 0 Å². The van der Waals surface area contributed by atoms with Crippen molar-refractivity contribution in [3.8, 4) is 0 Å². The van der Waals surface area contributed by atoms with Crippen LogP contribution in [0.15, 0.2) is 11.8 Å². The van der Waals surface area contributed by atoms with Gasteiger partial charge in [0, 0.05) is 6.54 Å². The second kappa shape index (κ2) is 2.81. The predicted octanol–water partition coefficient (Wildman–Crippen LogP) is 1.21. The molecular weight excluding hydrogens is 154 g/mol. The summed E-state index contributed by atoms with van der Waals surface area (Å²) in [4.78, 5) is 12.7. The van der Waals surface area contributed by atoms with Gasteiger partial charge in [-0.3, -0.25) is 0 Å². The van der Waals surface area contributed by atoms with E-state index in [0.29, 0.717) is 0 Å². The summed E-state index contributed by atoms with van der Waals surface area (Å²) in [5.41, 5.74) is 1.41. The first-order chi connectivity index (χ1) is 5.77. The highest BCUT2D eigenvalue weighted by Crippen LogP contribution is 2.30. The maximum absolute atomic E-state index is 10.7. The van der Waals surface area contributed by atoms with Crippen molar-refractivity contribution in [3.63, 3.8) is 0 Å². The topological polar surface area (TPSA) is 40.5 Å². The highest BCUT2D eigenvalue weighted by Gasteiger charge is 2.29. The van der Waals surface area contributed by atoms with E-state index in [2.05, 4.69) is 0 Å². The number of rotatable bonds is 2. The van der Waals surface area contributed by atoms with Crippen LogP contribution in [0.1, 0.15) is 25.7 Å². The van der Waals surface area contributed by atoms with E-state index in [1.54, 1.807) is 0 Å². The maximum Gasteiger partial charge on any atom is 0.326 e. The molecule has 0 spiro atoms. The van der Waals surface area contributed by atoms with Crippen molar-refractivity contribution in [2.24, 2.45) is 0 Å². The molecule has 12 heavy (non-hydrogen) atoms. The van der Waals surface area contributed by atoms with Crippen LogP contribution < -0.4 is 0 Å². The SMILES string of the molecule is O=C(O)[C@@H]1CCCN1C=C1CC1. The van der Waals surface area contributed by atoms with Crippen LogP contribution in [0, 0.1) is 0 Å². The summed E-state index contributed by atoms with van der Waals surface area (Å²) in [6.45, 7) is 0.917. The quantitative estimate of drug-likeness (QED) is 0.672. The Morgan fingerprint density at radius 1 is 1.58 bits per heavy atom.